The van der Waals surface area contributed by atoms with E-state index in [-0.39, 0.29) is 5.91 Å². The van der Waals surface area contributed by atoms with E-state index in [0.29, 0.717) is 12.2 Å². The summed E-state index contributed by atoms with van der Waals surface area (Å²) in [5.74, 6) is 0.791. The van der Waals surface area contributed by atoms with Crippen molar-refractivity contribution >= 4 is 22.5 Å². The molecule has 1 saturated heterocycles. The highest BCUT2D eigenvalue weighted by Crippen LogP contribution is 2.23. The van der Waals surface area contributed by atoms with Gasteiger partial charge in [-0.3, -0.25) is 14.7 Å². The normalized spacial score (nSPS) is 14.3. The molecule has 3 aromatic rings. The van der Waals surface area contributed by atoms with Crippen LogP contribution in [0.5, 0.6) is 5.75 Å². The van der Waals surface area contributed by atoms with Crippen molar-refractivity contribution < 1.29 is 9.53 Å². The molecule has 5 heteroatoms. The van der Waals surface area contributed by atoms with Crippen molar-refractivity contribution in [2.24, 2.45) is 0 Å². The van der Waals surface area contributed by atoms with Crippen molar-refractivity contribution in [3.8, 4) is 5.75 Å². The summed E-state index contributed by atoms with van der Waals surface area (Å²) >= 11 is 0. The van der Waals surface area contributed by atoms with Crippen LogP contribution in [0.1, 0.15) is 28.8 Å². The molecule has 1 amide bonds. The largest absolute Gasteiger partial charge is 0.492 e. The lowest BCUT2D eigenvalue weighted by atomic mass is 10.1. The maximum atomic E-state index is 13.0. The summed E-state index contributed by atoms with van der Waals surface area (Å²) in [6, 6.07) is 15.3. The summed E-state index contributed by atoms with van der Waals surface area (Å²) < 4.78 is 5.86. The van der Waals surface area contributed by atoms with E-state index in [1.165, 1.54) is 25.9 Å². The van der Waals surface area contributed by atoms with Crippen LogP contribution in [0, 0.1) is 6.92 Å². The molecule has 0 bridgehead atoms. The first-order valence-electron chi connectivity index (χ1n) is 10.2. The third kappa shape index (κ3) is 4.40. The Hall–Kier alpha value is -2.92. The third-order valence-electron chi connectivity index (χ3n) is 5.61. The number of likely N-dealkylation sites (tertiary alicyclic amines) is 1. The van der Waals surface area contributed by atoms with Crippen LogP contribution in [0.2, 0.25) is 0 Å². The fourth-order valence-corrected chi connectivity index (χ4v) is 3.79. The summed E-state index contributed by atoms with van der Waals surface area (Å²) in [4.78, 5) is 21.4. The number of fused-ring (bicyclic) bond motifs is 1. The molecular weight excluding hydrogens is 362 g/mol. The number of pyridine rings is 1. The zero-order valence-electron chi connectivity index (χ0n) is 17.1. The molecule has 0 radical (unpaired) electrons. The number of carbonyl (C=O) groups excluding carboxylic acids is 1. The Morgan fingerprint density at radius 1 is 1.10 bits per heavy atom. The van der Waals surface area contributed by atoms with E-state index in [2.05, 4.69) is 9.88 Å². The molecule has 0 atom stereocenters. The Balaban J connectivity index is 1.41. The molecule has 5 nitrogen and oxygen atoms in total. The van der Waals surface area contributed by atoms with E-state index in [4.69, 9.17) is 4.74 Å². The van der Waals surface area contributed by atoms with Gasteiger partial charge in [-0.1, -0.05) is 0 Å². The molecule has 0 spiro atoms. The van der Waals surface area contributed by atoms with Gasteiger partial charge in [0.1, 0.15) is 12.4 Å². The van der Waals surface area contributed by atoms with Gasteiger partial charge in [-0.2, -0.15) is 0 Å². The molecule has 2 aromatic carbocycles. The third-order valence-corrected chi connectivity index (χ3v) is 5.61. The average Bonchev–Trinajstić information content (AvgIpc) is 3.27. The molecule has 0 N–H and O–H groups in total. The van der Waals surface area contributed by atoms with Crippen molar-refractivity contribution in [2.45, 2.75) is 19.8 Å². The highest BCUT2D eigenvalue weighted by atomic mass is 16.5. The van der Waals surface area contributed by atoms with Crippen LogP contribution in [0.15, 0.2) is 54.7 Å². The minimum Gasteiger partial charge on any atom is -0.492 e. The molecule has 1 aliphatic heterocycles. The van der Waals surface area contributed by atoms with E-state index >= 15 is 0 Å². The van der Waals surface area contributed by atoms with Gasteiger partial charge < -0.3 is 9.64 Å². The molecule has 1 aliphatic rings. The number of carbonyl (C=O) groups is 1. The molecule has 2 heterocycles. The lowest BCUT2D eigenvalue weighted by molar-refractivity contribution is 0.0993. The van der Waals surface area contributed by atoms with Crippen LogP contribution < -0.4 is 9.64 Å². The monoisotopic (exact) mass is 389 g/mol. The predicted octanol–water partition coefficient (Wildman–Crippen LogP) is 4.29. The van der Waals surface area contributed by atoms with Crippen LogP contribution in [0.4, 0.5) is 5.69 Å². The molecule has 4 rings (SSSR count). The Morgan fingerprint density at radius 3 is 2.62 bits per heavy atom. The minimum absolute atomic E-state index is 0.0437. The second-order valence-corrected chi connectivity index (χ2v) is 7.62. The zero-order chi connectivity index (χ0) is 20.2. The molecule has 29 heavy (non-hydrogen) atoms. The summed E-state index contributed by atoms with van der Waals surface area (Å²) in [5.41, 5.74) is 3.51. The smallest absolute Gasteiger partial charge is 0.258 e. The highest BCUT2D eigenvalue weighted by molar-refractivity contribution is 6.07. The first kappa shape index (κ1) is 19.4. The van der Waals surface area contributed by atoms with Gasteiger partial charge in [-0.05, 0) is 86.9 Å². The Morgan fingerprint density at radius 2 is 1.86 bits per heavy atom. The summed E-state index contributed by atoms with van der Waals surface area (Å²) in [7, 11) is 1.80. The molecule has 1 fully saturated rings. The number of anilines is 1. The van der Waals surface area contributed by atoms with Crippen LogP contribution >= 0.6 is 0 Å². The van der Waals surface area contributed by atoms with E-state index in [0.717, 1.165) is 34.4 Å². The fourth-order valence-electron chi connectivity index (χ4n) is 3.79. The second-order valence-electron chi connectivity index (χ2n) is 7.62. The number of hydrogen-bond acceptors (Lipinski definition) is 4. The van der Waals surface area contributed by atoms with Gasteiger partial charge in [-0.15, -0.1) is 0 Å². The molecule has 0 aliphatic carbocycles. The van der Waals surface area contributed by atoms with Gasteiger partial charge in [0.05, 0.1) is 5.52 Å². The lowest BCUT2D eigenvalue weighted by Crippen LogP contribution is -2.26. The molecule has 1 aromatic heterocycles. The van der Waals surface area contributed by atoms with Crippen molar-refractivity contribution in [2.75, 3.05) is 38.2 Å². The van der Waals surface area contributed by atoms with Gasteiger partial charge in [0, 0.05) is 36.4 Å². The number of nitrogens with zero attached hydrogens (tertiary/aromatic N) is 3. The SMILES string of the molecule is Cc1ccnc2ccc(C(=O)N(C)c3ccc(OCCN4CCCC4)cc3)cc12. The van der Waals surface area contributed by atoms with Crippen molar-refractivity contribution in [1.29, 1.82) is 0 Å². The lowest BCUT2D eigenvalue weighted by Gasteiger charge is -2.19. The second kappa shape index (κ2) is 8.62. The molecule has 0 saturated carbocycles. The van der Waals surface area contributed by atoms with Gasteiger partial charge in [0.2, 0.25) is 0 Å². The number of amides is 1. The first-order valence-corrected chi connectivity index (χ1v) is 10.2. The molecular formula is C24H27N3O2. The number of ether oxygens (including phenoxy) is 1. The van der Waals surface area contributed by atoms with Gasteiger partial charge in [0.25, 0.3) is 5.91 Å². The van der Waals surface area contributed by atoms with Crippen molar-refractivity contribution in [1.82, 2.24) is 9.88 Å². The van der Waals surface area contributed by atoms with Gasteiger partial charge in [-0.25, -0.2) is 0 Å². The first-order chi connectivity index (χ1) is 14.1. The fraction of sp³-hybridized carbons (Fsp3) is 0.333. The summed E-state index contributed by atoms with van der Waals surface area (Å²) in [5, 5.41) is 1.01. The predicted molar refractivity (Wildman–Crippen MR) is 117 cm³/mol. The van der Waals surface area contributed by atoms with Crippen LogP contribution in [-0.2, 0) is 0 Å². The Labute approximate surface area is 171 Å². The maximum Gasteiger partial charge on any atom is 0.258 e. The van der Waals surface area contributed by atoms with Crippen molar-refractivity contribution in [3.05, 3.63) is 65.9 Å². The van der Waals surface area contributed by atoms with Gasteiger partial charge in [0.15, 0.2) is 0 Å². The van der Waals surface area contributed by atoms with E-state index in [9.17, 15) is 4.79 Å². The summed E-state index contributed by atoms with van der Waals surface area (Å²) in [6.45, 7) is 6.05. The van der Waals surface area contributed by atoms with E-state index in [1.807, 2.05) is 55.5 Å². The number of aromatic nitrogens is 1. The topological polar surface area (TPSA) is 45.7 Å². The summed E-state index contributed by atoms with van der Waals surface area (Å²) in [6.07, 6.45) is 4.38. The molecule has 150 valence electrons. The quantitative estimate of drug-likeness (QED) is 0.631. The number of hydrogen-bond donors (Lipinski definition) is 0. The number of aryl methyl sites for hydroxylation is 1. The van der Waals surface area contributed by atoms with E-state index < -0.39 is 0 Å². The van der Waals surface area contributed by atoms with E-state index in [1.54, 1.807) is 18.1 Å². The van der Waals surface area contributed by atoms with Crippen LogP contribution in [0.3, 0.4) is 0 Å². The Kier molecular flexibility index (Phi) is 5.76. The standard InChI is InChI=1S/C24H27N3O2/c1-18-11-12-25-23-10-5-19(17-22(18)23)24(28)26(2)20-6-8-21(9-7-20)29-16-15-27-13-3-4-14-27/h5-12,17H,3-4,13-16H2,1-2H3. The Bertz CT molecular complexity index is 995. The zero-order valence-corrected chi connectivity index (χ0v) is 17.1. The maximum absolute atomic E-state index is 13.0. The van der Waals surface area contributed by atoms with Crippen LogP contribution in [0.25, 0.3) is 10.9 Å². The number of benzene rings is 2. The minimum atomic E-state index is -0.0437. The number of rotatable bonds is 6. The average molecular weight is 389 g/mol. The highest BCUT2D eigenvalue weighted by Gasteiger charge is 2.15. The van der Waals surface area contributed by atoms with Crippen LogP contribution in [-0.4, -0.2) is 49.1 Å². The van der Waals surface area contributed by atoms with Crippen molar-refractivity contribution in [3.63, 3.8) is 0 Å². The van der Waals surface area contributed by atoms with Gasteiger partial charge >= 0.3 is 0 Å². The molecule has 0 unspecified atom stereocenters.